The van der Waals surface area contributed by atoms with Crippen LogP contribution in [-0.2, 0) is 20.9 Å². The zero-order valence-corrected chi connectivity index (χ0v) is 12.9. The van der Waals surface area contributed by atoms with Crippen molar-refractivity contribution in [3.05, 3.63) is 35.9 Å². The van der Waals surface area contributed by atoms with Crippen LogP contribution < -0.4 is 0 Å². The third-order valence-corrected chi connectivity index (χ3v) is 5.06. The maximum absolute atomic E-state index is 12.1. The van der Waals surface area contributed by atoms with E-state index in [-0.39, 0.29) is 12.6 Å². The fraction of sp³-hybridized carbons (Fsp3) is 0.429. The van der Waals surface area contributed by atoms with Crippen LogP contribution >= 0.6 is 22.6 Å². The Morgan fingerprint density at radius 3 is 2.85 bits per heavy atom. The number of morpholine rings is 1. The Morgan fingerprint density at radius 1 is 1.45 bits per heavy atom. The van der Waals surface area contributed by atoms with Crippen LogP contribution in [0.15, 0.2) is 30.3 Å². The summed E-state index contributed by atoms with van der Waals surface area (Å²) in [4.78, 5) is 25.3. The second-order valence-electron chi connectivity index (χ2n) is 5.13. The molecule has 106 valence electrons. The van der Waals surface area contributed by atoms with Gasteiger partial charge in [-0.3, -0.25) is 4.90 Å². The van der Waals surface area contributed by atoms with Crippen LogP contribution in [0, 0.1) is 0 Å². The van der Waals surface area contributed by atoms with Crippen LogP contribution in [-0.4, -0.2) is 39.6 Å². The van der Waals surface area contributed by atoms with Crippen molar-refractivity contribution in [3.63, 3.8) is 0 Å². The van der Waals surface area contributed by atoms with E-state index in [1.807, 2.05) is 30.3 Å². The highest BCUT2D eigenvalue weighted by Crippen LogP contribution is 2.40. The lowest BCUT2D eigenvalue weighted by Gasteiger charge is -2.30. The number of nitrogens with zero attached hydrogens (tertiary/aromatic N) is 1. The maximum atomic E-state index is 12.1. The highest BCUT2D eigenvalue weighted by Gasteiger charge is 2.58. The number of halogens is 1. The number of hydrogen-bond donors (Lipinski definition) is 0. The quantitative estimate of drug-likeness (QED) is 0.453. The number of benzene rings is 1. The lowest BCUT2D eigenvalue weighted by atomic mass is 10.1. The Balaban J connectivity index is 1.63. The summed E-state index contributed by atoms with van der Waals surface area (Å²) in [7, 11) is 0. The van der Waals surface area contributed by atoms with Gasteiger partial charge in [-0.15, -0.1) is 0 Å². The Kier molecular flexibility index (Phi) is 3.57. The summed E-state index contributed by atoms with van der Waals surface area (Å²) in [5, 5.41) is 0. The lowest BCUT2D eigenvalue weighted by Crippen LogP contribution is -2.48. The predicted molar refractivity (Wildman–Crippen MR) is 79.4 cm³/mol. The molecule has 6 heteroatoms. The normalized spacial score (nSPS) is 27.6. The molecule has 2 bridgehead atoms. The number of esters is 1. The number of carbonyl (C=O) groups excluding carboxylic acids is 2. The largest absolute Gasteiger partial charge is 0.455 e. The number of fused-ring (bicyclic) bond motifs is 2. The summed E-state index contributed by atoms with van der Waals surface area (Å²) in [6.07, 6.45) is 0.136. The van der Waals surface area contributed by atoms with E-state index in [2.05, 4.69) is 22.6 Å². The van der Waals surface area contributed by atoms with Gasteiger partial charge in [-0.05, 0) is 5.56 Å². The number of amides is 1. The summed E-state index contributed by atoms with van der Waals surface area (Å²) >= 11 is 2.19. The second-order valence-corrected chi connectivity index (χ2v) is 5.89. The fourth-order valence-corrected chi connectivity index (χ4v) is 3.34. The van der Waals surface area contributed by atoms with Gasteiger partial charge < -0.3 is 9.47 Å². The number of carbonyl (C=O) groups is 2. The van der Waals surface area contributed by atoms with Crippen molar-refractivity contribution in [1.82, 2.24) is 4.90 Å². The van der Waals surface area contributed by atoms with E-state index in [1.54, 1.807) is 0 Å². The molecule has 0 aromatic heterocycles. The standard InChI is InChI=1S/C14H14INO4/c15-8-14-6-11(12(17)20-14)16(9-14)13(18)19-7-10-4-2-1-3-5-10/h1-5,11H,6-9H2/t11-,14+/m0/s1. The zero-order valence-electron chi connectivity index (χ0n) is 10.8. The van der Waals surface area contributed by atoms with Gasteiger partial charge in [-0.2, -0.15) is 0 Å². The maximum Gasteiger partial charge on any atom is 0.410 e. The number of ether oxygens (including phenoxy) is 2. The summed E-state index contributed by atoms with van der Waals surface area (Å²) < 4.78 is 11.3. The molecule has 3 rings (SSSR count). The van der Waals surface area contributed by atoms with Crippen molar-refractivity contribution < 1.29 is 19.1 Å². The SMILES string of the molecule is O=C1O[C@@]2(CI)C[C@@H]1N(C(=O)OCc1ccccc1)C2. The molecule has 2 atom stereocenters. The molecule has 2 aliphatic heterocycles. The Labute approximate surface area is 130 Å². The monoisotopic (exact) mass is 387 g/mol. The minimum absolute atomic E-state index is 0.217. The van der Waals surface area contributed by atoms with Crippen LogP contribution in [0.5, 0.6) is 0 Å². The van der Waals surface area contributed by atoms with Gasteiger partial charge in [0, 0.05) is 10.8 Å². The van der Waals surface area contributed by atoms with Gasteiger partial charge in [0.15, 0.2) is 0 Å². The third-order valence-electron chi connectivity index (χ3n) is 3.67. The van der Waals surface area contributed by atoms with Gasteiger partial charge in [0.2, 0.25) is 0 Å². The van der Waals surface area contributed by atoms with E-state index >= 15 is 0 Å². The summed E-state index contributed by atoms with van der Waals surface area (Å²) in [5.74, 6) is -0.315. The molecule has 0 saturated carbocycles. The number of alkyl halides is 1. The first-order valence-electron chi connectivity index (χ1n) is 6.40. The first kappa shape index (κ1) is 13.7. The van der Waals surface area contributed by atoms with Crippen LogP contribution in [0.2, 0.25) is 0 Å². The van der Waals surface area contributed by atoms with Crippen molar-refractivity contribution in [2.45, 2.75) is 24.7 Å². The number of likely N-dealkylation sites (tertiary alicyclic amines) is 1. The van der Waals surface area contributed by atoms with Crippen LogP contribution in [0.25, 0.3) is 0 Å². The molecule has 0 aliphatic carbocycles. The van der Waals surface area contributed by atoms with Gasteiger partial charge in [-0.25, -0.2) is 9.59 Å². The second kappa shape index (κ2) is 5.23. The summed E-state index contributed by atoms with van der Waals surface area (Å²) in [6.45, 7) is 0.648. The third kappa shape index (κ3) is 2.36. The minimum Gasteiger partial charge on any atom is -0.455 e. The molecule has 2 fully saturated rings. The molecule has 2 saturated heterocycles. The lowest BCUT2D eigenvalue weighted by molar-refractivity contribution is -0.156. The Morgan fingerprint density at radius 2 is 2.20 bits per heavy atom. The molecule has 0 spiro atoms. The topological polar surface area (TPSA) is 55.8 Å². The average Bonchev–Trinajstić information content (AvgIpc) is 3.01. The molecule has 0 N–H and O–H groups in total. The molecule has 0 radical (unpaired) electrons. The van der Waals surface area contributed by atoms with Gasteiger partial charge in [0.1, 0.15) is 18.2 Å². The van der Waals surface area contributed by atoms with Gasteiger partial charge in [0.25, 0.3) is 0 Å². The summed E-state index contributed by atoms with van der Waals surface area (Å²) in [5.41, 5.74) is 0.421. The predicted octanol–water partition coefficient (Wildman–Crippen LogP) is 2.13. The van der Waals surface area contributed by atoms with E-state index in [1.165, 1.54) is 4.90 Å². The highest BCUT2D eigenvalue weighted by atomic mass is 127. The first-order chi connectivity index (χ1) is 9.63. The zero-order chi connectivity index (χ0) is 14.2. The molecule has 0 unspecified atom stereocenters. The molecular formula is C14H14INO4. The van der Waals surface area contributed by atoms with E-state index < -0.39 is 17.7 Å². The van der Waals surface area contributed by atoms with E-state index in [0.29, 0.717) is 17.4 Å². The summed E-state index contributed by atoms with van der Waals surface area (Å²) in [6, 6.07) is 9.00. The molecule has 2 heterocycles. The molecule has 1 amide bonds. The first-order valence-corrected chi connectivity index (χ1v) is 7.92. The van der Waals surface area contributed by atoms with E-state index in [4.69, 9.17) is 9.47 Å². The molecule has 1 aromatic carbocycles. The van der Waals surface area contributed by atoms with Crippen molar-refractivity contribution in [2.75, 3.05) is 11.0 Å². The van der Waals surface area contributed by atoms with Crippen molar-refractivity contribution in [3.8, 4) is 0 Å². The smallest absolute Gasteiger partial charge is 0.410 e. The number of rotatable bonds is 3. The van der Waals surface area contributed by atoms with Crippen LogP contribution in [0.4, 0.5) is 4.79 Å². The molecule has 2 aliphatic rings. The van der Waals surface area contributed by atoms with Crippen molar-refractivity contribution in [1.29, 1.82) is 0 Å². The average molecular weight is 387 g/mol. The molecular weight excluding hydrogens is 373 g/mol. The molecule has 20 heavy (non-hydrogen) atoms. The minimum atomic E-state index is -0.506. The van der Waals surface area contributed by atoms with E-state index in [0.717, 1.165) is 5.56 Å². The number of hydrogen-bond acceptors (Lipinski definition) is 4. The van der Waals surface area contributed by atoms with Crippen LogP contribution in [0.1, 0.15) is 12.0 Å². The van der Waals surface area contributed by atoms with Crippen molar-refractivity contribution in [2.24, 2.45) is 0 Å². The Hall–Kier alpha value is -1.31. The fourth-order valence-electron chi connectivity index (χ4n) is 2.63. The van der Waals surface area contributed by atoms with Gasteiger partial charge in [-0.1, -0.05) is 52.9 Å². The van der Waals surface area contributed by atoms with Gasteiger partial charge >= 0.3 is 12.1 Å². The highest BCUT2D eigenvalue weighted by molar-refractivity contribution is 14.1. The van der Waals surface area contributed by atoms with Gasteiger partial charge in [0.05, 0.1) is 6.54 Å². The van der Waals surface area contributed by atoms with Crippen molar-refractivity contribution >= 4 is 34.7 Å². The van der Waals surface area contributed by atoms with Crippen LogP contribution in [0.3, 0.4) is 0 Å². The Bertz CT molecular complexity index is 535. The molecule has 1 aromatic rings. The molecule has 5 nitrogen and oxygen atoms in total. The van der Waals surface area contributed by atoms with E-state index in [9.17, 15) is 9.59 Å².